The predicted molar refractivity (Wildman–Crippen MR) is 80.0 cm³/mol. The standard InChI is InChI=1S/C15H14F3N3O4/c16-15(17,18)13-20-10-6-9(3-4-11(10)25-13)19-14(24)21-5-1-2-8(7-21)12(22)23/h3-4,6,8H,1-2,5,7H2,(H,19,24)(H,22,23). The minimum atomic E-state index is -4.69. The first-order chi connectivity index (χ1) is 11.7. The molecule has 1 aliphatic rings. The van der Waals surface area contributed by atoms with Crippen LogP contribution in [0.5, 0.6) is 0 Å². The molecule has 10 heteroatoms. The second kappa shape index (κ2) is 6.26. The number of amides is 2. The minimum absolute atomic E-state index is 0.0350. The van der Waals surface area contributed by atoms with Crippen LogP contribution in [0.15, 0.2) is 22.6 Å². The zero-order chi connectivity index (χ0) is 18.2. The fraction of sp³-hybridized carbons (Fsp3) is 0.400. The molecule has 1 unspecified atom stereocenters. The van der Waals surface area contributed by atoms with Crippen molar-refractivity contribution in [3.63, 3.8) is 0 Å². The number of oxazole rings is 1. The fourth-order valence-electron chi connectivity index (χ4n) is 2.69. The van der Waals surface area contributed by atoms with Gasteiger partial charge in [-0.25, -0.2) is 9.78 Å². The third-order valence-electron chi connectivity index (χ3n) is 3.94. The van der Waals surface area contributed by atoms with Crippen molar-refractivity contribution in [2.75, 3.05) is 18.4 Å². The van der Waals surface area contributed by atoms with Gasteiger partial charge in [-0.05, 0) is 31.0 Å². The highest BCUT2D eigenvalue weighted by atomic mass is 19.4. The van der Waals surface area contributed by atoms with E-state index in [9.17, 15) is 22.8 Å². The van der Waals surface area contributed by atoms with E-state index in [2.05, 4.69) is 14.7 Å². The molecule has 0 spiro atoms. The van der Waals surface area contributed by atoms with Gasteiger partial charge in [-0.2, -0.15) is 13.2 Å². The summed E-state index contributed by atoms with van der Waals surface area (Å²) in [5, 5.41) is 11.6. The van der Waals surface area contributed by atoms with Crippen molar-refractivity contribution in [1.29, 1.82) is 0 Å². The number of carboxylic acids is 1. The highest BCUT2D eigenvalue weighted by Crippen LogP contribution is 2.32. The first-order valence-corrected chi connectivity index (χ1v) is 7.50. The summed E-state index contributed by atoms with van der Waals surface area (Å²) in [5.41, 5.74) is 0.165. The number of nitrogens with zero attached hydrogens (tertiary/aromatic N) is 2. The van der Waals surface area contributed by atoms with E-state index in [1.807, 2.05) is 0 Å². The summed E-state index contributed by atoms with van der Waals surface area (Å²) in [6.45, 7) is 0.506. The number of fused-ring (bicyclic) bond motifs is 1. The van der Waals surface area contributed by atoms with Crippen LogP contribution in [0.25, 0.3) is 11.1 Å². The molecule has 2 amide bonds. The zero-order valence-electron chi connectivity index (χ0n) is 12.8. The summed E-state index contributed by atoms with van der Waals surface area (Å²) < 4.78 is 42.4. The van der Waals surface area contributed by atoms with Crippen LogP contribution >= 0.6 is 0 Å². The molecule has 1 saturated heterocycles. The lowest BCUT2D eigenvalue weighted by atomic mass is 9.99. The summed E-state index contributed by atoms with van der Waals surface area (Å²) in [4.78, 5) is 28.0. The third kappa shape index (κ3) is 3.67. The zero-order valence-corrected chi connectivity index (χ0v) is 12.8. The molecule has 2 N–H and O–H groups in total. The number of likely N-dealkylation sites (tertiary alicyclic amines) is 1. The quantitative estimate of drug-likeness (QED) is 0.861. The molecular formula is C15H14F3N3O4. The number of alkyl halides is 3. The molecule has 2 aromatic rings. The lowest BCUT2D eigenvalue weighted by Crippen LogP contribution is -2.44. The average molecular weight is 357 g/mol. The van der Waals surface area contributed by atoms with Crippen LogP contribution < -0.4 is 5.32 Å². The first kappa shape index (κ1) is 17.1. The summed E-state index contributed by atoms with van der Waals surface area (Å²) in [6.07, 6.45) is -3.62. The number of aromatic nitrogens is 1. The van der Waals surface area contributed by atoms with Crippen LogP contribution in [0.4, 0.5) is 23.7 Å². The molecular weight excluding hydrogens is 343 g/mol. The van der Waals surface area contributed by atoms with Crippen molar-refractivity contribution in [3.8, 4) is 0 Å². The molecule has 0 radical (unpaired) electrons. The van der Waals surface area contributed by atoms with E-state index in [-0.39, 0.29) is 23.3 Å². The number of hydrogen-bond donors (Lipinski definition) is 2. The number of urea groups is 1. The van der Waals surface area contributed by atoms with Gasteiger partial charge in [-0.15, -0.1) is 0 Å². The average Bonchev–Trinajstić information content (AvgIpc) is 2.98. The Morgan fingerprint density at radius 2 is 2.12 bits per heavy atom. The number of hydrogen-bond acceptors (Lipinski definition) is 4. The van der Waals surface area contributed by atoms with E-state index >= 15 is 0 Å². The Kier molecular flexibility index (Phi) is 4.27. The number of piperidine rings is 1. The summed E-state index contributed by atoms with van der Waals surface area (Å²) in [7, 11) is 0. The maximum absolute atomic E-state index is 12.6. The van der Waals surface area contributed by atoms with E-state index in [0.717, 1.165) is 0 Å². The summed E-state index contributed by atoms with van der Waals surface area (Å²) >= 11 is 0. The Bertz CT molecular complexity index is 818. The molecule has 0 bridgehead atoms. The van der Waals surface area contributed by atoms with Gasteiger partial charge in [0, 0.05) is 18.8 Å². The Balaban J connectivity index is 1.74. The van der Waals surface area contributed by atoms with Crippen LogP contribution in [-0.2, 0) is 11.0 Å². The van der Waals surface area contributed by atoms with Gasteiger partial charge in [-0.1, -0.05) is 0 Å². The van der Waals surface area contributed by atoms with E-state index in [0.29, 0.717) is 19.4 Å². The molecule has 1 aliphatic heterocycles. The van der Waals surface area contributed by atoms with Crippen LogP contribution in [0.2, 0.25) is 0 Å². The summed E-state index contributed by atoms with van der Waals surface area (Å²) in [6, 6.07) is 3.43. The molecule has 2 heterocycles. The van der Waals surface area contributed by atoms with Crippen molar-refractivity contribution in [1.82, 2.24) is 9.88 Å². The van der Waals surface area contributed by atoms with Crippen molar-refractivity contribution < 1.29 is 32.3 Å². The SMILES string of the molecule is O=C(O)C1CCCN(C(=O)Nc2ccc3oc(C(F)(F)F)nc3c2)C1. The number of nitrogens with one attached hydrogen (secondary N) is 1. The van der Waals surface area contributed by atoms with Gasteiger partial charge < -0.3 is 19.7 Å². The normalized spacial score (nSPS) is 18.4. The van der Waals surface area contributed by atoms with Crippen molar-refractivity contribution in [2.24, 2.45) is 5.92 Å². The molecule has 1 fully saturated rings. The number of carbonyl (C=O) groups excluding carboxylic acids is 1. The van der Waals surface area contributed by atoms with Gasteiger partial charge in [0.1, 0.15) is 5.52 Å². The highest BCUT2D eigenvalue weighted by molar-refractivity contribution is 5.92. The molecule has 1 atom stereocenters. The lowest BCUT2D eigenvalue weighted by molar-refractivity contribution is -0.156. The Labute approximate surface area is 139 Å². The number of benzene rings is 1. The molecule has 0 aliphatic carbocycles. The number of carbonyl (C=O) groups is 2. The Morgan fingerprint density at radius 1 is 1.36 bits per heavy atom. The maximum atomic E-state index is 12.6. The van der Waals surface area contributed by atoms with E-state index in [4.69, 9.17) is 5.11 Å². The first-order valence-electron chi connectivity index (χ1n) is 7.50. The highest BCUT2D eigenvalue weighted by Gasteiger charge is 2.37. The van der Waals surface area contributed by atoms with Gasteiger partial charge in [-0.3, -0.25) is 4.79 Å². The number of halogens is 3. The van der Waals surface area contributed by atoms with E-state index in [1.165, 1.54) is 23.1 Å². The molecule has 0 saturated carbocycles. The van der Waals surface area contributed by atoms with Crippen molar-refractivity contribution >= 4 is 28.8 Å². The van der Waals surface area contributed by atoms with Gasteiger partial charge in [0.15, 0.2) is 5.58 Å². The topological polar surface area (TPSA) is 95.7 Å². The summed E-state index contributed by atoms with van der Waals surface area (Å²) in [5.74, 6) is -2.93. The molecule has 7 nitrogen and oxygen atoms in total. The van der Waals surface area contributed by atoms with Crippen molar-refractivity contribution in [2.45, 2.75) is 19.0 Å². The fourth-order valence-corrected chi connectivity index (χ4v) is 2.69. The molecule has 1 aromatic heterocycles. The Morgan fingerprint density at radius 3 is 2.80 bits per heavy atom. The van der Waals surface area contributed by atoms with E-state index < -0.39 is 30.0 Å². The van der Waals surface area contributed by atoms with Crippen LogP contribution in [0.1, 0.15) is 18.7 Å². The number of carboxylic acid groups (broad SMARTS) is 1. The molecule has 1 aromatic carbocycles. The number of aliphatic carboxylic acids is 1. The van der Waals surface area contributed by atoms with Gasteiger partial charge in [0.05, 0.1) is 5.92 Å². The van der Waals surface area contributed by atoms with Crippen LogP contribution in [-0.4, -0.2) is 40.1 Å². The lowest BCUT2D eigenvalue weighted by Gasteiger charge is -2.30. The maximum Gasteiger partial charge on any atom is 0.468 e. The molecule has 25 heavy (non-hydrogen) atoms. The van der Waals surface area contributed by atoms with Gasteiger partial charge in [0.2, 0.25) is 0 Å². The van der Waals surface area contributed by atoms with E-state index in [1.54, 1.807) is 0 Å². The molecule has 134 valence electrons. The van der Waals surface area contributed by atoms with Crippen LogP contribution in [0, 0.1) is 5.92 Å². The Hall–Kier alpha value is -2.78. The second-order valence-electron chi connectivity index (χ2n) is 5.75. The van der Waals surface area contributed by atoms with Gasteiger partial charge in [0.25, 0.3) is 0 Å². The van der Waals surface area contributed by atoms with Gasteiger partial charge >= 0.3 is 24.1 Å². The number of rotatable bonds is 2. The second-order valence-corrected chi connectivity index (χ2v) is 5.75. The van der Waals surface area contributed by atoms with Crippen LogP contribution in [0.3, 0.4) is 0 Å². The predicted octanol–water partition coefficient (Wildman–Crippen LogP) is 3.18. The third-order valence-corrected chi connectivity index (χ3v) is 3.94. The minimum Gasteiger partial charge on any atom is -0.481 e. The number of anilines is 1. The largest absolute Gasteiger partial charge is 0.481 e. The smallest absolute Gasteiger partial charge is 0.468 e. The van der Waals surface area contributed by atoms with Crippen molar-refractivity contribution in [3.05, 3.63) is 24.1 Å². The molecule has 3 rings (SSSR count). The monoisotopic (exact) mass is 357 g/mol.